The second kappa shape index (κ2) is 18.0. The number of rotatable bonds is 7. The number of ether oxygens (including phenoxy) is 1. The van der Waals surface area contributed by atoms with E-state index >= 15 is 0 Å². The van der Waals surface area contributed by atoms with E-state index in [0.29, 0.717) is 27.4 Å². The fourth-order valence-electron chi connectivity index (χ4n) is 2.91. The van der Waals surface area contributed by atoms with Crippen LogP contribution in [0.15, 0.2) is 30.3 Å². The van der Waals surface area contributed by atoms with Crippen molar-refractivity contribution in [3.63, 3.8) is 0 Å². The summed E-state index contributed by atoms with van der Waals surface area (Å²) in [5.74, 6) is -0.102. The van der Waals surface area contributed by atoms with Crippen molar-refractivity contribution >= 4 is 44.2 Å². The summed E-state index contributed by atoms with van der Waals surface area (Å²) in [5.41, 5.74) is 0.614. The number of amides is 1. The molecule has 0 atom stereocenters. The molecule has 220 valence electrons. The van der Waals surface area contributed by atoms with E-state index in [1.165, 1.54) is 19.2 Å². The lowest BCUT2D eigenvalue weighted by atomic mass is 10.0. The van der Waals surface area contributed by atoms with Crippen molar-refractivity contribution in [2.45, 2.75) is 47.2 Å². The number of thiazole rings is 1. The SMILES string of the molecule is CC.CC.CCN(C)C.COc1c(CCN(C)C)cc(Cl)cc1C(=O)Nc1nc2ccc(C(F)(F)F)cc2s1. The maximum atomic E-state index is 12.9. The number of alkyl halides is 3. The number of fused-ring (bicyclic) bond motifs is 1. The van der Waals surface area contributed by atoms with E-state index in [9.17, 15) is 18.0 Å². The highest BCUT2D eigenvalue weighted by atomic mass is 35.5. The smallest absolute Gasteiger partial charge is 0.416 e. The molecule has 6 nitrogen and oxygen atoms in total. The zero-order chi connectivity index (χ0) is 30.3. The van der Waals surface area contributed by atoms with Crippen molar-refractivity contribution in [2.24, 2.45) is 0 Å². The van der Waals surface area contributed by atoms with Gasteiger partial charge in [0.15, 0.2) is 5.13 Å². The molecule has 0 aliphatic heterocycles. The van der Waals surface area contributed by atoms with E-state index in [0.717, 1.165) is 42.1 Å². The number of hydrogen-bond donors (Lipinski definition) is 1. The first-order valence-electron chi connectivity index (χ1n) is 12.8. The minimum atomic E-state index is -4.45. The third-order valence-electron chi connectivity index (χ3n) is 4.98. The Labute approximate surface area is 240 Å². The minimum Gasteiger partial charge on any atom is -0.496 e. The number of nitrogens with one attached hydrogen (secondary N) is 1. The van der Waals surface area contributed by atoms with Gasteiger partial charge in [0.2, 0.25) is 0 Å². The molecule has 0 aliphatic rings. The van der Waals surface area contributed by atoms with Crippen LogP contribution in [0.4, 0.5) is 18.3 Å². The molecule has 3 aromatic rings. The molecule has 0 fully saturated rings. The first kappa shape index (κ1) is 36.6. The van der Waals surface area contributed by atoms with E-state index in [2.05, 4.69) is 36.2 Å². The fourth-order valence-corrected chi connectivity index (χ4v) is 4.05. The molecule has 39 heavy (non-hydrogen) atoms. The van der Waals surface area contributed by atoms with Crippen molar-refractivity contribution in [3.8, 4) is 5.75 Å². The standard InChI is InChI=1S/C20H19ClF3N3O2S.C4H11N.2C2H6/c1-27(2)7-6-11-8-13(21)10-14(17(11)29-3)18(28)26-19-25-15-5-4-12(20(22,23)24)9-16(15)30-19;1-4-5(2)3;2*1-2/h4-5,8-10H,6-7H2,1-3H3,(H,25,26,28);4H2,1-3H3;2*1-2H3. The van der Waals surface area contributed by atoms with Gasteiger partial charge in [-0.1, -0.05) is 57.6 Å². The van der Waals surface area contributed by atoms with Gasteiger partial charge in [-0.2, -0.15) is 13.2 Å². The molecule has 0 spiro atoms. The maximum absolute atomic E-state index is 12.9. The first-order chi connectivity index (χ1) is 18.3. The zero-order valence-electron chi connectivity index (χ0n) is 24.6. The zero-order valence-corrected chi connectivity index (χ0v) is 26.2. The van der Waals surface area contributed by atoms with Gasteiger partial charge in [-0.25, -0.2) is 4.98 Å². The van der Waals surface area contributed by atoms with Crippen LogP contribution in [0.1, 0.15) is 56.1 Å². The van der Waals surface area contributed by atoms with Crippen molar-refractivity contribution in [1.82, 2.24) is 14.8 Å². The van der Waals surface area contributed by atoms with Gasteiger partial charge in [-0.05, 0) is 77.1 Å². The van der Waals surface area contributed by atoms with Crippen LogP contribution in [-0.2, 0) is 12.6 Å². The molecule has 0 saturated heterocycles. The lowest BCUT2D eigenvalue weighted by molar-refractivity contribution is -0.137. The molecule has 1 N–H and O–H groups in total. The number of carbonyl (C=O) groups excluding carboxylic acids is 1. The molecular weight excluding hydrogens is 549 g/mol. The van der Waals surface area contributed by atoms with Gasteiger partial charge in [-0.15, -0.1) is 0 Å². The molecule has 1 aromatic heterocycles. The number of halogens is 4. The average molecular weight is 591 g/mol. The van der Waals surface area contributed by atoms with Crippen LogP contribution in [0.25, 0.3) is 10.2 Å². The van der Waals surface area contributed by atoms with Gasteiger partial charge in [0.1, 0.15) is 5.75 Å². The van der Waals surface area contributed by atoms with Gasteiger partial charge >= 0.3 is 6.18 Å². The molecule has 0 aliphatic carbocycles. The lowest BCUT2D eigenvalue weighted by Gasteiger charge is -2.16. The van der Waals surface area contributed by atoms with E-state index in [1.54, 1.807) is 6.07 Å². The van der Waals surface area contributed by atoms with Crippen LogP contribution in [0, 0.1) is 0 Å². The summed E-state index contributed by atoms with van der Waals surface area (Å²) in [7, 11) is 9.44. The summed E-state index contributed by atoms with van der Waals surface area (Å²) in [6.07, 6.45) is -3.82. The number of likely N-dealkylation sites (N-methyl/N-ethyl adjacent to an activating group) is 1. The Morgan fingerprint density at radius 3 is 2.13 bits per heavy atom. The highest BCUT2D eigenvalue weighted by Crippen LogP contribution is 2.35. The van der Waals surface area contributed by atoms with Crippen LogP contribution < -0.4 is 10.1 Å². The molecule has 0 unspecified atom stereocenters. The Morgan fingerprint density at radius 1 is 1.05 bits per heavy atom. The molecule has 3 rings (SSSR count). The van der Waals surface area contributed by atoms with Gasteiger partial charge in [0, 0.05) is 11.6 Å². The number of benzene rings is 2. The maximum Gasteiger partial charge on any atom is 0.416 e. The van der Waals surface area contributed by atoms with Crippen LogP contribution in [-0.4, -0.2) is 69.1 Å². The molecule has 2 aromatic carbocycles. The molecule has 11 heteroatoms. The molecule has 0 saturated carbocycles. The summed E-state index contributed by atoms with van der Waals surface area (Å²) < 4.78 is 44.5. The Hall–Kier alpha value is -2.40. The molecule has 1 amide bonds. The minimum absolute atomic E-state index is 0.186. The summed E-state index contributed by atoms with van der Waals surface area (Å²) in [6, 6.07) is 6.50. The van der Waals surface area contributed by atoms with Crippen LogP contribution in [0.5, 0.6) is 5.75 Å². The number of methoxy groups -OCH3 is 1. The average Bonchev–Trinajstić information content (AvgIpc) is 3.30. The predicted octanol–water partition coefficient (Wildman–Crippen LogP) is 7.95. The monoisotopic (exact) mass is 590 g/mol. The Kier molecular flexibility index (Phi) is 16.9. The topological polar surface area (TPSA) is 57.7 Å². The van der Waals surface area contributed by atoms with Crippen LogP contribution >= 0.6 is 22.9 Å². The predicted molar refractivity (Wildman–Crippen MR) is 160 cm³/mol. The van der Waals surface area contributed by atoms with Crippen LogP contribution in [0.2, 0.25) is 5.02 Å². The highest BCUT2D eigenvalue weighted by Gasteiger charge is 2.31. The van der Waals surface area contributed by atoms with E-state index in [-0.39, 0.29) is 10.7 Å². The quantitative estimate of drug-likeness (QED) is 0.302. The van der Waals surface area contributed by atoms with Crippen molar-refractivity contribution < 1.29 is 22.7 Å². The summed E-state index contributed by atoms with van der Waals surface area (Å²) in [4.78, 5) is 21.2. The Bertz CT molecular complexity index is 1150. The van der Waals surface area contributed by atoms with Crippen molar-refractivity contribution in [2.75, 3.05) is 53.7 Å². The number of aromatic nitrogens is 1. The molecule has 0 bridgehead atoms. The van der Waals surface area contributed by atoms with Crippen molar-refractivity contribution in [1.29, 1.82) is 0 Å². The lowest BCUT2D eigenvalue weighted by Crippen LogP contribution is -2.17. The largest absolute Gasteiger partial charge is 0.496 e. The first-order valence-corrected chi connectivity index (χ1v) is 14.0. The van der Waals surface area contributed by atoms with E-state index < -0.39 is 17.6 Å². The number of hydrogen-bond acceptors (Lipinski definition) is 6. The third-order valence-corrected chi connectivity index (χ3v) is 6.13. The van der Waals surface area contributed by atoms with E-state index in [4.69, 9.17) is 16.3 Å². The number of nitrogens with zero attached hydrogens (tertiary/aromatic N) is 3. The molecule has 1 heterocycles. The highest BCUT2D eigenvalue weighted by molar-refractivity contribution is 7.22. The Balaban J connectivity index is 0.00000142. The van der Waals surface area contributed by atoms with Gasteiger partial charge in [-0.3, -0.25) is 10.1 Å². The third kappa shape index (κ3) is 12.1. The second-order valence-corrected chi connectivity index (χ2v) is 9.72. The van der Waals surface area contributed by atoms with Crippen LogP contribution in [0.3, 0.4) is 0 Å². The molecule has 0 radical (unpaired) electrons. The normalized spacial score (nSPS) is 10.7. The molecular formula is C28H42ClF3N4O2S. The number of carbonyl (C=O) groups is 1. The fraction of sp³-hybridized carbons (Fsp3) is 0.500. The van der Waals surface area contributed by atoms with Crippen molar-refractivity contribution in [3.05, 3.63) is 52.0 Å². The summed E-state index contributed by atoms with van der Waals surface area (Å²) in [6.45, 7) is 12.0. The summed E-state index contributed by atoms with van der Waals surface area (Å²) in [5, 5.41) is 3.21. The summed E-state index contributed by atoms with van der Waals surface area (Å²) >= 11 is 7.16. The van der Waals surface area contributed by atoms with Gasteiger partial charge in [0.25, 0.3) is 5.91 Å². The Morgan fingerprint density at radius 2 is 1.64 bits per heavy atom. The van der Waals surface area contributed by atoms with E-state index in [1.807, 2.05) is 46.7 Å². The number of anilines is 1. The van der Waals surface area contributed by atoms with Gasteiger partial charge < -0.3 is 14.5 Å². The second-order valence-electron chi connectivity index (χ2n) is 8.25. The van der Waals surface area contributed by atoms with Gasteiger partial charge in [0.05, 0.1) is 28.5 Å².